The highest BCUT2D eigenvalue weighted by Gasteiger charge is 2.24. The Hall–Kier alpha value is -3.60. The molecule has 0 aliphatic carbocycles. The van der Waals surface area contributed by atoms with Gasteiger partial charge in [0.1, 0.15) is 12.1 Å². The van der Waals surface area contributed by atoms with Crippen LogP contribution in [0.3, 0.4) is 0 Å². The van der Waals surface area contributed by atoms with Gasteiger partial charge in [0, 0.05) is 50.9 Å². The number of piperazine rings is 1. The van der Waals surface area contributed by atoms with Crippen molar-refractivity contribution in [3.05, 3.63) is 53.7 Å². The first-order valence-electron chi connectivity index (χ1n) is 9.67. The summed E-state index contributed by atoms with van der Waals surface area (Å²) in [7, 11) is 0. The third kappa shape index (κ3) is 4.51. The molecule has 3 aromatic rings. The predicted molar refractivity (Wildman–Crippen MR) is 105 cm³/mol. The molecule has 0 radical (unpaired) electrons. The van der Waals surface area contributed by atoms with Crippen LogP contribution in [0, 0.1) is 6.92 Å². The van der Waals surface area contributed by atoms with E-state index in [1.807, 2.05) is 6.07 Å². The van der Waals surface area contributed by atoms with Crippen molar-refractivity contribution in [2.45, 2.75) is 6.92 Å². The molecule has 1 fully saturated rings. The van der Waals surface area contributed by atoms with Crippen LogP contribution in [0.4, 0.5) is 0 Å². The van der Waals surface area contributed by atoms with E-state index >= 15 is 0 Å². The van der Waals surface area contributed by atoms with Crippen LogP contribution in [0.25, 0.3) is 5.69 Å². The molecule has 2 amide bonds. The molecule has 0 atom stereocenters. The number of hydrogen-bond acceptors (Lipinski definition) is 8. The van der Waals surface area contributed by atoms with Gasteiger partial charge in [-0.15, -0.1) is 5.10 Å². The van der Waals surface area contributed by atoms with Crippen molar-refractivity contribution >= 4 is 11.8 Å². The maximum absolute atomic E-state index is 12.4. The van der Waals surface area contributed by atoms with Crippen molar-refractivity contribution in [3.8, 4) is 5.69 Å². The highest BCUT2D eigenvalue weighted by Crippen LogP contribution is 2.10. The van der Waals surface area contributed by atoms with Crippen LogP contribution in [-0.4, -0.2) is 86.2 Å². The van der Waals surface area contributed by atoms with Crippen molar-refractivity contribution in [2.75, 3.05) is 39.3 Å². The quantitative estimate of drug-likeness (QED) is 0.609. The lowest BCUT2D eigenvalue weighted by Crippen LogP contribution is -2.50. The fourth-order valence-corrected chi connectivity index (χ4v) is 3.30. The summed E-state index contributed by atoms with van der Waals surface area (Å²) in [5.41, 5.74) is 1.61. The van der Waals surface area contributed by atoms with Gasteiger partial charge in [-0.25, -0.2) is 4.68 Å². The number of carbonyl (C=O) groups is 2. The van der Waals surface area contributed by atoms with Crippen molar-refractivity contribution in [1.82, 2.24) is 40.5 Å². The largest absolute Gasteiger partial charge is 0.361 e. The number of carbonyl (C=O) groups excluding carboxylic acids is 2. The van der Waals surface area contributed by atoms with E-state index in [-0.39, 0.29) is 11.8 Å². The Morgan fingerprint density at radius 1 is 1.17 bits per heavy atom. The van der Waals surface area contributed by atoms with Crippen LogP contribution in [-0.2, 0) is 0 Å². The van der Waals surface area contributed by atoms with Gasteiger partial charge in [-0.1, -0.05) is 11.2 Å². The summed E-state index contributed by atoms with van der Waals surface area (Å²) in [6.45, 7) is 5.71. The van der Waals surface area contributed by atoms with Gasteiger partial charge in [-0.3, -0.25) is 14.5 Å². The zero-order valence-corrected chi connectivity index (χ0v) is 16.6. The summed E-state index contributed by atoms with van der Waals surface area (Å²) < 4.78 is 6.48. The molecule has 0 spiro atoms. The molecule has 30 heavy (non-hydrogen) atoms. The third-order valence-electron chi connectivity index (χ3n) is 4.94. The number of tetrazole rings is 1. The molecule has 1 saturated heterocycles. The summed E-state index contributed by atoms with van der Waals surface area (Å²) in [4.78, 5) is 28.8. The normalized spacial score (nSPS) is 14.6. The Kier molecular flexibility index (Phi) is 5.80. The van der Waals surface area contributed by atoms with Crippen molar-refractivity contribution < 1.29 is 14.1 Å². The average molecular weight is 410 g/mol. The molecule has 1 aliphatic rings. The van der Waals surface area contributed by atoms with Gasteiger partial charge in [0.2, 0.25) is 0 Å². The Labute approximate surface area is 172 Å². The molecule has 11 nitrogen and oxygen atoms in total. The third-order valence-corrected chi connectivity index (χ3v) is 4.94. The predicted octanol–water partition coefficient (Wildman–Crippen LogP) is 0.147. The average Bonchev–Trinajstić information content (AvgIpc) is 3.46. The van der Waals surface area contributed by atoms with Crippen LogP contribution in [0.1, 0.15) is 26.6 Å². The first-order chi connectivity index (χ1) is 14.6. The van der Waals surface area contributed by atoms with Gasteiger partial charge in [0.15, 0.2) is 5.69 Å². The van der Waals surface area contributed by atoms with Crippen molar-refractivity contribution in [2.24, 2.45) is 0 Å². The minimum atomic E-state index is -0.153. The Balaban J connectivity index is 1.22. The molecule has 1 aliphatic heterocycles. The lowest BCUT2D eigenvalue weighted by atomic mass is 10.2. The van der Waals surface area contributed by atoms with Gasteiger partial charge < -0.3 is 14.7 Å². The summed E-state index contributed by atoms with van der Waals surface area (Å²) in [5.74, 6) is 0.360. The number of nitrogens with one attached hydrogen (secondary N) is 1. The monoisotopic (exact) mass is 410 g/mol. The number of nitrogens with zero attached hydrogens (tertiary/aromatic N) is 7. The standard InChI is InChI=1S/C19H22N8O3/c1-14-11-17(22-30-14)19(29)26-9-7-25(8-10-26)6-5-20-18(28)15-3-2-4-16(12-15)27-13-21-23-24-27/h2-4,11-13H,5-10H2,1H3,(H,20,28). The second-order valence-corrected chi connectivity index (χ2v) is 7.02. The zero-order chi connectivity index (χ0) is 20.9. The Morgan fingerprint density at radius 3 is 2.70 bits per heavy atom. The fraction of sp³-hybridized carbons (Fsp3) is 0.368. The summed E-state index contributed by atoms with van der Waals surface area (Å²) in [5, 5.41) is 17.8. The molecule has 0 saturated carbocycles. The van der Waals surface area contributed by atoms with E-state index in [0.717, 1.165) is 18.8 Å². The van der Waals surface area contributed by atoms with Crippen LogP contribution < -0.4 is 5.32 Å². The highest BCUT2D eigenvalue weighted by molar-refractivity contribution is 5.94. The number of hydrogen-bond donors (Lipinski definition) is 1. The van der Waals surface area contributed by atoms with Crippen LogP contribution >= 0.6 is 0 Å². The summed E-state index contributed by atoms with van der Waals surface area (Å²) in [6.07, 6.45) is 1.48. The lowest BCUT2D eigenvalue weighted by Gasteiger charge is -2.34. The maximum Gasteiger partial charge on any atom is 0.276 e. The van der Waals surface area contributed by atoms with E-state index in [9.17, 15) is 9.59 Å². The molecule has 11 heteroatoms. The number of benzene rings is 1. The summed E-state index contributed by atoms with van der Waals surface area (Å²) >= 11 is 0. The molecular weight excluding hydrogens is 388 g/mol. The van der Waals surface area contributed by atoms with Crippen molar-refractivity contribution in [1.29, 1.82) is 0 Å². The van der Waals surface area contributed by atoms with Gasteiger partial charge >= 0.3 is 0 Å². The van der Waals surface area contributed by atoms with E-state index in [1.54, 1.807) is 36.1 Å². The molecule has 1 N–H and O–H groups in total. The Morgan fingerprint density at radius 2 is 2.00 bits per heavy atom. The van der Waals surface area contributed by atoms with E-state index < -0.39 is 0 Å². The summed E-state index contributed by atoms with van der Waals surface area (Å²) in [6, 6.07) is 8.76. The Bertz CT molecular complexity index is 1010. The van der Waals surface area contributed by atoms with Gasteiger partial charge in [-0.05, 0) is 35.5 Å². The van der Waals surface area contributed by atoms with E-state index in [0.29, 0.717) is 43.2 Å². The SMILES string of the molecule is Cc1cc(C(=O)N2CCN(CCNC(=O)c3cccc(-n4cnnn4)c3)CC2)no1. The first kappa shape index (κ1) is 19.7. The molecule has 156 valence electrons. The van der Waals surface area contributed by atoms with Crippen LogP contribution in [0.15, 0.2) is 41.2 Å². The van der Waals surface area contributed by atoms with Crippen LogP contribution in [0.2, 0.25) is 0 Å². The molecule has 0 unspecified atom stereocenters. The molecule has 4 rings (SSSR count). The number of aromatic nitrogens is 5. The number of rotatable bonds is 6. The second-order valence-electron chi connectivity index (χ2n) is 7.02. The molecule has 1 aromatic carbocycles. The van der Waals surface area contributed by atoms with Gasteiger partial charge in [0.25, 0.3) is 11.8 Å². The fourth-order valence-electron chi connectivity index (χ4n) is 3.30. The molecule has 2 aromatic heterocycles. The number of amides is 2. The molecule has 0 bridgehead atoms. The second kappa shape index (κ2) is 8.82. The smallest absolute Gasteiger partial charge is 0.276 e. The van der Waals surface area contributed by atoms with E-state index in [1.165, 1.54) is 11.0 Å². The topological polar surface area (TPSA) is 122 Å². The zero-order valence-electron chi connectivity index (χ0n) is 16.6. The first-order valence-corrected chi connectivity index (χ1v) is 9.67. The van der Waals surface area contributed by atoms with Crippen molar-refractivity contribution in [3.63, 3.8) is 0 Å². The molecular formula is C19H22N8O3. The van der Waals surface area contributed by atoms with Crippen LogP contribution in [0.5, 0.6) is 0 Å². The van der Waals surface area contributed by atoms with Gasteiger partial charge in [0.05, 0.1) is 5.69 Å². The highest BCUT2D eigenvalue weighted by atomic mass is 16.5. The lowest BCUT2D eigenvalue weighted by molar-refractivity contribution is 0.0628. The maximum atomic E-state index is 12.4. The minimum absolute atomic E-state index is 0.109. The minimum Gasteiger partial charge on any atom is -0.361 e. The van der Waals surface area contributed by atoms with E-state index in [2.05, 4.69) is 30.9 Å². The molecule has 3 heterocycles. The number of aryl methyl sites for hydroxylation is 1. The van der Waals surface area contributed by atoms with E-state index in [4.69, 9.17) is 4.52 Å². The van der Waals surface area contributed by atoms with Gasteiger partial charge in [-0.2, -0.15) is 0 Å².